The van der Waals surface area contributed by atoms with Gasteiger partial charge in [-0.2, -0.15) is 0 Å². The van der Waals surface area contributed by atoms with Crippen molar-refractivity contribution in [3.63, 3.8) is 0 Å². The van der Waals surface area contributed by atoms with Gasteiger partial charge in [-0.05, 0) is 36.4 Å². The SMILES string of the molecule is Nc1ccccc1Nc1ncccc1OC(c1cccnc1)c1cccnc1. The number of ether oxygens (including phenoxy) is 1. The van der Waals surface area contributed by atoms with Crippen molar-refractivity contribution in [2.45, 2.75) is 6.10 Å². The van der Waals surface area contributed by atoms with Gasteiger partial charge in [0.15, 0.2) is 17.7 Å². The minimum absolute atomic E-state index is 0.375. The van der Waals surface area contributed by atoms with Gasteiger partial charge in [0, 0.05) is 42.1 Å². The molecule has 6 heteroatoms. The summed E-state index contributed by atoms with van der Waals surface area (Å²) in [4.78, 5) is 12.9. The first-order valence-corrected chi connectivity index (χ1v) is 8.84. The predicted molar refractivity (Wildman–Crippen MR) is 109 cm³/mol. The Morgan fingerprint density at radius 3 is 2.11 bits per heavy atom. The highest BCUT2D eigenvalue weighted by Gasteiger charge is 2.19. The Bertz CT molecular complexity index is 1000. The number of rotatable bonds is 6. The van der Waals surface area contributed by atoms with Gasteiger partial charge in [-0.15, -0.1) is 0 Å². The van der Waals surface area contributed by atoms with Crippen LogP contribution in [0.2, 0.25) is 0 Å². The van der Waals surface area contributed by atoms with Crippen LogP contribution in [0.15, 0.2) is 91.6 Å². The number of hydrogen-bond acceptors (Lipinski definition) is 6. The fourth-order valence-electron chi connectivity index (χ4n) is 2.84. The highest BCUT2D eigenvalue weighted by molar-refractivity contribution is 5.73. The molecule has 3 heterocycles. The number of hydrogen-bond donors (Lipinski definition) is 2. The van der Waals surface area contributed by atoms with Crippen LogP contribution in [0.4, 0.5) is 17.2 Å². The maximum absolute atomic E-state index is 6.38. The first kappa shape index (κ1) is 17.5. The second-order valence-corrected chi connectivity index (χ2v) is 6.13. The van der Waals surface area contributed by atoms with Crippen LogP contribution in [0.25, 0.3) is 0 Å². The molecule has 3 N–H and O–H groups in total. The van der Waals surface area contributed by atoms with E-state index >= 15 is 0 Å². The largest absolute Gasteiger partial charge is 0.477 e. The number of anilines is 3. The zero-order chi connectivity index (χ0) is 19.2. The maximum Gasteiger partial charge on any atom is 0.173 e. The van der Waals surface area contributed by atoms with Gasteiger partial charge in [0.05, 0.1) is 11.4 Å². The first-order chi connectivity index (χ1) is 13.8. The van der Waals surface area contributed by atoms with Crippen LogP contribution in [-0.2, 0) is 0 Å². The Morgan fingerprint density at radius 1 is 0.786 bits per heavy atom. The van der Waals surface area contributed by atoms with Crippen molar-refractivity contribution in [3.8, 4) is 5.75 Å². The molecule has 4 rings (SSSR count). The molecule has 6 nitrogen and oxygen atoms in total. The molecule has 0 aliphatic carbocycles. The summed E-state index contributed by atoms with van der Waals surface area (Å²) in [5.41, 5.74) is 9.30. The topological polar surface area (TPSA) is 86.0 Å². The van der Waals surface area contributed by atoms with Gasteiger partial charge in [-0.25, -0.2) is 4.98 Å². The number of benzene rings is 1. The molecule has 4 aromatic rings. The van der Waals surface area contributed by atoms with E-state index in [0.29, 0.717) is 17.3 Å². The van der Waals surface area contributed by atoms with Crippen LogP contribution in [0.5, 0.6) is 5.75 Å². The van der Waals surface area contributed by atoms with Crippen molar-refractivity contribution in [3.05, 3.63) is 103 Å². The maximum atomic E-state index is 6.38. The Morgan fingerprint density at radius 2 is 1.46 bits per heavy atom. The average Bonchev–Trinajstić information content (AvgIpc) is 2.76. The lowest BCUT2D eigenvalue weighted by molar-refractivity contribution is 0.247. The quantitative estimate of drug-likeness (QED) is 0.491. The van der Waals surface area contributed by atoms with E-state index in [1.165, 1.54) is 0 Å². The molecule has 0 spiro atoms. The average molecular weight is 369 g/mol. The second-order valence-electron chi connectivity index (χ2n) is 6.13. The fourth-order valence-corrected chi connectivity index (χ4v) is 2.84. The number of nitrogens with zero attached hydrogens (tertiary/aromatic N) is 3. The third-order valence-electron chi connectivity index (χ3n) is 4.20. The molecule has 138 valence electrons. The summed E-state index contributed by atoms with van der Waals surface area (Å²) < 4.78 is 6.38. The number of nitrogens with one attached hydrogen (secondary N) is 1. The highest BCUT2D eigenvalue weighted by atomic mass is 16.5. The summed E-state index contributed by atoms with van der Waals surface area (Å²) >= 11 is 0. The Labute approximate surface area is 163 Å². The first-order valence-electron chi connectivity index (χ1n) is 8.84. The number of aromatic nitrogens is 3. The van der Waals surface area contributed by atoms with Crippen LogP contribution in [0.3, 0.4) is 0 Å². The van der Waals surface area contributed by atoms with Gasteiger partial charge >= 0.3 is 0 Å². The fraction of sp³-hybridized carbons (Fsp3) is 0.0455. The zero-order valence-electron chi connectivity index (χ0n) is 15.1. The van der Waals surface area contributed by atoms with E-state index in [1.54, 1.807) is 31.0 Å². The molecule has 0 aliphatic rings. The molecule has 0 atom stereocenters. The number of pyridine rings is 3. The summed E-state index contributed by atoms with van der Waals surface area (Å²) in [6.07, 6.45) is 8.38. The molecule has 1 aromatic carbocycles. The molecule has 0 saturated heterocycles. The lowest BCUT2D eigenvalue weighted by Crippen LogP contribution is -2.11. The van der Waals surface area contributed by atoms with E-state index in [0.717, 1.165) is 16.8 Å². The molecule has 0 bridgehead atoms. The standard InChI is InChI=1S/C22H19N5O/c23-18-8-1-2-9-19(18)27-22-20(10-5-13-26-22)28-21(16-6-3-11-24-14-16)17-7-4-12-25-15-17/h1-15,21H,23H2,(H,26,27). The predicted octanol–water partition coefficient (Wildman–Crippen LogP) is 4.37. The number of para-hydroxylation sites is 2. The Kier molecular flexibility index (Phi) is 5.11. The van der Waals surface area contributed by atoms with Crippen LogP contribution in [-0.4, -0.2) is 15.0 Å². The third kappa shape index (κ3) is 3.91. The molecule has 0 saturated carbocycles. The van der Waals surface area contributed by atoms with Gasteiger partial charge in [0.2, 0.25) is 0 Å². The Balaban J connectivity index is 1.69. The van der Waals surface area contributed by atoms with Gasteiger partial charge in [-0.1, -0.05) is 24.3 Å². The number of nitrogens with two attached hydrogens (primary N) is 1. The van der Waals surface area contributed by atoms with Crippen molar-refractivity contribution in [2.24, 2.45) is 0 Å². The van der Waals surface area contributed by atoms with Crippen LogP contribution >= 0.6 is 0 Å². The van der Waals surface area contributed by atoms with Crippen molar-refractivity contribution in [1.29, 1.82) is 0 Å². The Hall–Kier alpha value is -3.93. The molecule has 0 radical (unpaired) electrons. The van der Waals surface area contributed by atoms with Crippen LogP contribution < -0.4 is 15.8 Å². The summed E-state index contributed by atoms with van der Waals surface area (Å²) in [7, 11) is 0. The van der Waals surface area contributed by atoms with E-state index in [9.17, 15) is 0 Å². The van der Waals surface area contributed by atoms with E-state index in [1.807, 2.05) is 60.7 Å². The lowest BCUT2D eigenvalue weighted by Gasteiger charge is -2.21. The lowest BCUT2D eigenvalue weighted by atomic mass is 10.0. The van der Waals surface area contributed by atoms with Crippen molar-refractivity contribution >= 4 is 17.2 Å². The smallest absolute Gasteiger partial charge is 0.173 e. The van der Waals surface area contributed by atoms with Gasteiger partial charge in [0.25, 0.3) is 0 Å². The molecule has 28 heavy (non-hydrogen) atoms. The third-order valence-corrected chi connectivity index (χ3v) is 4.20. The van der Waals surface area contributed by atoms with E-state index in [4.69, 9.17) is 10.5 Å². The molecule has 0 unspecified atom stereocenters. The van der Waals surface area contributed by atoms with Crippen LogP contribution in [0.1, 0.15) is 17.2 Å². The monoisotopic (exact) mass is 369 g/mol. The van der Waals surface area contributed by atoms with Crippen molar-refractivity contribution < 1.29 is 4.74 Å². The van der Waals surface area contributed by atoms with E-state index < -0.39 is 0 Å². The van der Waals surface area contributed by atoms with Crippen molar-refractivity contribution in [1.82, 2.24) is 15.0 Å². The van der Waals surface area contributed by atoms with Gasteiger partial charge < -0.3 is 15.8 Å². The van der Waals surface area contributed by atoms with Crippen molar-refractivity contribution in [2.75, 3.05) is 11.1 Å². The molecule has 0 fully saturated rings. The summed E-state index contributed by atoms with van der Waals surface area (Å²) in [5, 5.41) is 3.26. The highest BCUT2D eigenvalue weighted by Crippen LogP contribution is 2.33. The van der Waals surface area contributed by atoms with Gasteiger partial charge in [-0.3, -0.25) is 9.97 Å². The minimum Gasteiger partial charge on any atom is -0.477 e. The summed E-state index contributed by atoms with van der Waals surface area (Å²) in [6, 6.07) is 18.9. The summed E-state index contributed by atoms with van der Waals surface area (Å²) in [6.45, 7) is 0. The molecule has 0 amide bonds. The summed E-state index contributed by atoms with van der Waals surface area (Å²) in [5.74, 6) is 1.18. The zero-order valence-corrected chi connectivity index (χ0v) is 15.1. The minimum atomic E-state index is -0.375. The number of nitrogen functional groups attached to an aromatic ring is 1. The molecular weight excluding hydrogens is 350 g/mol. The van der Waals surface area contributed by atoms with Gasteiger partial charge in [0.1, 0.15) is 0 Å². The molecule has 3 aromatic heterocycles. The molecular formula is C22H19N5O. The second kappa shape index (κ2) is 8.18. The normalized spacial score (nSPS) is 10.6. The van der Waals surface area contributed by atoms with E-state index in [2.05, 4.69) is 20.3 Å². The van der Waals surface area contributed by atoms with E-state index in [-0.39, 0.29) is 6.10 Å². The molecule has 0 aliphatic heterocycles. The van der Waals surface area contributed by atoms with Crippen LogP contribution in [0, 0.1) is 0 Å².